The van der Waals surface area contributed by atoms with E-state index in [-0.39, 0.29) is 36.0 Å². The lowest BCUT2D eigenvalue weighted by Crippen LogP contribution is -2.36. The van der Waals surface area contributed by atoms with E-state index in [4.69, 9.17) is 9.47 Å². The van der Waals surface area contributed by atoms with Crippen LogP contribution in [0.25, 0.3) is 0 Å². The van der Waals surface area contributed by atoms with Crippen molar-refractivity contribution in [3.63, 3.8) is 0 Å². The van der Waals surface area contributed by atoms with E-state index in [9.17, 15) is 18.4 Å². The minimum atomic E-state index is -1.00. The van der Waals surface area contributed by atoms with Crippen molar-refractivity contribution in [2.45, 2.75) is 13.8 Å². The number of carbonyl (C=O) groups excluding carboxylic acids is 2. The van der Waals surface area contributed by atoms with E-state index in [2.05, 4.69) is 5.87 Å². The second-order valence-corrected chi connectivity index (χ2v) is 8.55. The summed E-state index contributed by atoms with van der Waals surface area (Å²) in [5, 5.41) is 2.00. The summed E-state index contributed by atoms with van der Waals surface area (Å²) in [4.78, 5) is 26.6. The quantitative estimate of drug-likeness (QED) is 0.226. The largest absolute Gasteiger partial charge is 0.462 e. The molecule has 0 amide bonds. The molecule has 0 aromatic heterocycles. The van der Waals surface area contributed by atoms with Gasteiger partial charge < -0.3 is 18.7 Å². The zero-order valence-electron chi connectivity index (χ0n) is 16.2. The van der Waals surface area contributed by atoms with Gasteiger partial charge >= 0.3 is 11.9 Å². The van der Waals surface area contributed by atoms with E-state index in [0.717, 1.165) is 17.8 Å². The van der Waals surface area contributed by atoms with Crippen molar-refractivity contribution in [3.8, 4) is 0 Å². The fourth-order valence-corrected chi connectivity index (χ4v) is 4.88. The molecule has 0 aliphatic carbocycles. The van der Waals surface area contributed by atoms with Crippen LogP contribution in [-0.4, -0.2) is 43.8 Å². The third kappa shape index (κ3) is 3.78. The van der Waals surface area contributed by atoms with Crippen LogP contribution in [0.15, 0.2) is 33.8 Å². The monoisotopic (exact) mass is 442 g/mol. The molecule has 3 rings (SSSR count). The first kappa shape index (κ1) is 21.4. The highest BCUT2D eigenvalue weighted by Crippen LogP contribution is 2.51. The Labute approximate surface area is 174 Å². The zero-order valence-corrected chi connectivity index (χ0v) is 17.8. The van der Waals surface area contributed by atoms with E-state index in [0.29, 0.717) is 11.4 Å². The van der Waals surface area contributed by atoms with Gasteiger partial charge in [0.1, 0.15) is 10.7 Å². The number of esters is 2. The first-order valence-corrected chi connectivity index (χ1v) is 11.4. The highest BCUT2D eigenvalue weighted by atomic mass is 32.2. The third-order valence-corrected chi connectivity index (χ3v) is 6.25. The van der Waals surface area contributed by atoms with Crippen molar-refractivity contribution < 1.29 is 27.8 Å². The molecule has 29 heavy (non-hydrogen) atoms. The first-order valence-electron chi connectivity index (χ1n) is 8.77. The molecule has 1 aromatic rings. The SMILES string of the molecule is C=S(C)N1CC2=CSC(=C(C(=O)OCC)C(=O)OCC)N2c2ccc(F)c(F)c21. The molecule has 156 valence electrons. The van der Waals surface area contributed by atoms with E-state index < -0.39 is 34.2 Å². The molecule has 0 saturated carbocycles. The van der Waals surface area contributed by atoms with Crippen molar-refractivity contribution in [2.24, 2.45) is 0 Å². The van der Waals surface area contributed by atoms with Crippen LogP contribution in [-0.2, 0) is 19.1 Å². The Bertz CT molecular complexity index is 942. The molecule has 0 radical (unpaired) electrons. The molecule has 0 bridgehead atoms. The van der Waals surface area contributed by atoms with Crippen LogP contribution in [0.1, 0.15) is 13.8 Å². The molecule has 0 fully saturated rings. The van der Waals surface area contributed by atoms with Crippen molar-refractivity contribution in [2.75, 3.05) is 35.2 Å². The Hall–Kier alpha value is -2.33. The Morgan fingerprint density at radius 1 is 1.21 bits per heavy atom. The summed E-state index contributed by atoms with van der Waals surface area (Å²) in [6, 6.07) is 2.43. The number of benzene rings is 1. The number of hydrogen-bond donors (Lipinski definition) is 0. The van der Waals surface area contributed by atoms with Gasteiger partial charge in [-0.25, -0.2) is 18.4 Å². The second-order valence-electron chi connectivity index (χ2n) is 6.05. The summed E-state index contributed by atoms with van der Waals surface area (Å²) in [6.07, 6.45) is 1.80. The lowest BCUT2D eigenvalue weighted by molar-refractivity contribution is -0.146. The van der Waals surface area contributed by atoms with Gasteiger partial charge in [0.15, 0.2) is 17.2 Å². The average Bonchev–Trinajstić information content (AvgIpc) is 3.08. The maximum Gasteiger partial charge on any atom is 0.348 e. The van der Waals surface area contributed by atoms with Crippen LogP contribution < -0.4 is 9.21 Å². The predicted molar refractivity (Wildman–Crippen MR) is 113 cm³/mol. The van der Waals surface area contributed by atoms with E-state index >= 15 is 0 Å². The van der Waals surface area contributed by atoms with Gasteiger partial charge in [0, 0.05) is 0 Å². The van der Waals surface area contributed by atoms with Crippen molar-refractivity contribution in [3.05, 3.63) is 45.5 Å². The number of rotatable bonds is 5. The van der Waals surface area contributed by atoms with E-state index in [1.165, 1.54) is 6.07 Å². The predicted octanol–water partition coefficient (Wildman–Crippen LogP) is 3.76. The fraction of sp³-hybridized carbons (Fsp3) is 0.316. The summed E-state index contributed by atoms with van der Waals surface area (Å²) in [7, 11) is -0.636. The Kier molecular flexibility index (Phi) is 6.33. The summed E-state index contributed by atoms with van der Waals surface area (Å²) in [5.74, 6) is 0.303. The topological polar surface area (TPSA) is 59.1 Å². The van der Waals surface area contributed by atoms with Gasteiger partial charge in [-0.05, 0) is 37.6 Å². The number of nitrogens with zero attached hydrogens (tertiary/aromatic N) is 2. The smallest absolute Gasteiger partial charge is 0.348 e. The summed E-state index contributed by atoms with van der Waals surface area (Å²) in [5.41, 5.74) is 0.780. The lowest BCUT2D eigenvalue weighted by Gasteiger charge is -2.39. The molecule has 2 aliphatic rings. The normalized spacial score (nSPS) is 16.0. The number of anilines is 2. The van der Waals surface area contributed by atoms with Crippen molar-refractivity contribution in [1.82, 2.24) is 0 Å². The van der Waals surface area contributed by atoms with Gasteiger partial charge in [0.25, 0.3) is 0 Å². The molecular formula is C19H20F2N2O4S2. The molecule has 6 nitrogen and oxygen atoms in total. The Morgan fingerprint density at radius 3 is 2.38 bits per heavy atom. The standard InChI is InChI=1S/C19H20F2N2O4S2/c1-5-26-18(24)14(19(25)27-6-2)17-23-11(10-28-17)9-22(29(3)4)16-13(23)8-7-12(20)15(16)21/h7-8,10H,3,5-6,9H2,1-2,4H3. The van der Waals surface area contributed by atoms with Crippen LogP contribution in [0.2, 0.25) is 0 Å². The van der Waals surface area contributed by atoms with E-state index in [1.54, 1.807) is 34.7 Å². The van der Waals surface area contributed by atoms with Crippen LogP contribution in [0.4, 0.5) is 20.2 Å². The molecule has 1 aromatic carbocycles. The van der Waals surface area contributed by atoms with Crippen LogP contribution in [0, 0.1) is 11.6 Å². The number of ether oxygens (including phenoxy) is 2. The number of thioether (sulfide) groups is 1. The van der Waals surface area contributed by atoms with Gasteiger partial charge in [-0.1, -0.05) is 17.6 Å². The minimum absolute atomic E-state index is 0.0371. The molecule has 1 atom stereocenters. The highest BCUT2D eigenvalue weighted by molar-refractivity contribution is 8.14. The summed E-state index contributed by atoms with van der Waals surface area (Å²) >= 11 is 1.13. The second kappa shape index (κ2) is 8.58. The van der Waals surface area contributed by atoms with Gasteiger partial charge in [-0.3, -0.25) is 0 Å². The van der Waals surface area contributed by atoms with E-state index in [1.807, 2.05) is 0 Å². The summed E-state index contributed by atoms with van der Waals surface area (Å²) < 4.78 is 40.5. The van der Waals surface area contributed by atoms with Gasteiger partial charge in [0.2, 0.25) is 0 Å². The van der Waals surface area contributed by atoms with Crippen molar-refractivity contribution in [1.29, 1.82) is 0 Å². The van der Waals surface area contributed by atoms with Crippen LogP contribution >= 0.6 is 22.4 Å². The number of carbonyl (C=O) groups is 2. The molecular weight excluding hydrogens is 422 g/mol. The summed E-state index contributed by atoms with van der Waals surface area (Å²) in [6.45, 7) is 3.64. The molecule has 2 heterocycles. The number of hydrogen-bond acceptors (Lipinski definition) is 7. The molecule has 0 saturated heterocycles. The molecule has 0 spiro atoms. The number of halogens is 2. The molecule has 1 unspecified atom stereocenters. The lowest BCUT2D eigenvalue weighted by atomic mass is 10.1. The highest BCUT2D eigenvalue weighted by Gasteiger charge is 2.40. The average molecular weight is 443 g/mol. The van der Waals surface area contributed by atoms with Gasteiger partial charge in [-0.15, -0.1) is 10.7 Å². The van der Waals surface area contributed by atoms with Crippen LogP contribution in [0.3, 0.4) is 0 Å². The first-order chi connectivity index (χ1) is 13.8. The van der Waals surface area contributed by atoms with Crippen LogP contribution in [0.5, 0.6) is 0 Å². The third-order valence-electron chi connectivity index (χ3n) is 4.19. The zero-order chi connectivity index (χ0) is 21.3. The van der Waals surface area contributed by atoms with Crippen molar-refractivity contribution >= 4 is 51.6 Å². The maximum absolute atomic E-state index is 14.7. The Balaban J connectivity index is 2.22. The van der Waals surface area contributed by atoms with Gasteiger partial charge in [-0.2, -0.15) is 0 Å². The minimum Gasteiger partial charge on any atom is -0.462 e. The molecule has 2 aliphatic heterocycles. The fourth-order valence-electron chi connectivity index (χ4n) is 3.01. The Morgan fingerprint density at radius 2 is 1.83 bits per heavy atom. The molecule has 10 heteroatoms. The maximum atomic E-state index is 14.7. The number of fused-ring (bicyclic) bond motifs is 3. The van der Waals surface area contributed by atoms with Gasteiger partial charge in [0.05, 0.1) is 31.1 Å². The molecule has 0 N–H and O–H groups in total.